The molecular weight excluding hydrogens is 338 g/mol. The van der Waals surface area contributed by atoms with Gasteiger partial charge < -0.3 is 4.74 Å². The highest BCUT2D eigenvalue weighted by Crippen LogP contribution is 2.32. The molecule has 1 aromatic rings. The van der Waals surface area contributed by atoms with E-state index in [-0.39, 0.29) is 29.3 Å². The molecule has 0 amide bonds. The van der Waals surface area contributed by atoms with Gasteiger partial charge >= 0.3 is 5.97 Å². The number of carbonyl (C=O) groups is 1. The van der Waals surface area contributed by atoms with E-state index in [0.29, 0.717) is 6.42 Å². The van der Waals surface area contributed by atoms with Gasteiger partial charge in [0.05, 0.1) is 11.5 Å². The minimum atomic E-state index is -3.77. The molecule has 0 aromatic heterocycles. The molecule has 1 saturated heterocycles. The van der Waals surface area contributed by atoms with Crippen LogP contribution in [0.2, 0.25) is 0 Å². The minimum Gasteiger partial charge on any atom is -0.465 e. The van der Waals surface area contributed by atoms with Crippen molar-refractivity contribution in [2.45, 2.75) is 43.5 Å². The summed E-state index contributed by atoms with van der Waals surface area (Å²) < 4.78 is 32.2. The van der Waals surface area contributed by atoms with Crippen molar-refractivity contribution in [3.8, 4) is 0 Å². The van der Waals surface area contributed by atoms with Gasteiger partial charge in [0.15, 0.2) is 0 Å². The Balaban J connectivity index is 2.40. The molecule has 0 N–H and O–H groups in total. The van der Waals surface area contributed by atoms with Gasteiger partial charge in [-0.2, -0.15) is 4.31 Å². The van der Waals surface area contributed by atoms with Crippen LogP contribution in [0.5, 0.6) is 0 Å². The molecule has 5 nitrogen and oxygen atoms in total. The van der Waals surface area contributed by atoms with Crippen LogP contribution in [0.4, 0.5) is 0 Å². The quantitative estimate of drug-likeness (QED) is 0.612. The second-order valence-electron chi connectivity index (χ2n) is 5.79. The fraction of sp³-hybridized carbons (Fsp3) is 0.562. The third-order valence-corrected chi connectivity index (χ3v) is 6.67. The number of ether oxygens (including phenoxy) is 1. The Morgan fingerprint density at radius 1 is 1.35 bits per heavy atom. The maximum atomic E-state index is 12.9. The fourth-order valence-corrected chi connectivity index (χ4v) is 4.70. The lowest BCUT2D eigenvalue weighted by atomic mass is 9.92. The monoisotopic (exact) mass is 359 g/mol. The first-order valence-corrected chi connectivity index (χ1v) is 9.56. The van der Waals surface area contributed by atoms with Crippen LogP contribution in [0.25, 0.3) is 0 Å². The van der Waals surface area contributed by atoms with E-state index in [1.807, 2.05) is 6.92 Å². The van der Waals surface area contributed by atoms with Gasteiger partial charge in [-0.25, -0.2) is 8.42 Å². The summed E-state index contributed by atoms with van der Waals surface area (Å²) in [6, 6.07) is 5.71. The van der Waals surface area contributed by atoms with E-state index in [2.05, 4.69) is 0 Å². The Labute approximate surface area is 142 Å². The fourth-order valence-electron chi connectivity index (χ4n) is 2.79. The molecule has 0 spiro atoms. The standard InChI is InChI=1S/C16H22ClNO4S/c1-4-22-16(19)15-12(3)14(17)9-10-18(15)23(20,21)13-7-5-11(2)6-8-13/h5-8,12,14-15H,4,9-10H2,1-3H3/t12-,14+,15+/m0/s1. The van der Waals surface area contributed by atoms with Crippen LogP contribution < -0.4 is 0 Å². The summed E-state index contributed by atoms with van der Waals surface area (Å²) >= 11 is 6.26. The number of carbonyl (C=O) groups excluding carboxylic acids is 1. The lowest BCUT2D eigenvalue weighted by Crippen LogP contribution is -2.55. The maximum absolute atomic E-state index is 12.9. The van der Waals surface area contributed by atoms with Gasteiger partial charge in [0.1, 0.15) is 6.04 Å². The van der Waals surface area contributed by atoms with Crippen LogP contribution in [-0.2, 0) is 19.6 Å². The van der Waals surface area contributed by atoms with E-state index in [1.54, 1.807) is 38.1 Å². The number of benzene rings is 1. The molecule has 2 rings (SSSR count). The normalized spacial score (nSPS) is 26.0. The molecule has 1 aliphatic heterocycles. The third-order valence-electron chi connectivity index (χ3n) is 4.16. The molecule has 3 atom stereocenters. The van der Waals surface area contributed by atoms with Crippen LogP contribution in [0, 0.1) is 12.8 Å². The zero-order valence-corrected chi connectivity index (χ0v) is 15.1. The first kappa shape index (κ1) is 18.2. The molecule has 23 heavy (non-hydrogen) atoms. The van der Waals surface area contributed by atoms with Crippen molar-refractivity contribution in [1.29, 1.82) is 0 Å². The number of rotatable bonds is 4. The van der Waals surface area contributed by atoms with Crippen LogP contribution in [0.3, 0.4) is 0 Å². The minimum absolute atomic E-state index is 0.178. The Kier molecular flexibility index (Phi) is 5.70. The lowest BCUT2D eigenvalue weighted by Gasteiger charge is -2.39. The summed E-state index contributed by atoms with van der Waals surface area (Å²) in [5.74, 6) is -0.856. The highest BCUT2D eigenvalue weighted by Gasteiger charge is 2.45. The van der Waals surface area contributed by atoms with Crippen molar-refractivity contribution in [2.75, 3.05) is 13.2 Å². The molecule has 1 fully saturated rings. The Morgan fingerprint density at radius 3 is 2.52 bits per heavy atom. The Morgan fingerprint density at radius 2 is 1.96 bits per heavy atom. The van der Waals surface area contributed by atoms with Crippen molar-refractivity contribution in [2.24, 2.45) is 5.92 Å². The predicted molar refractivity (Wildman–Crippen MR) is 88.9 cm³/mol. The molecule has 1 heterocycles. The maximum Gasteiger partial charge on any atom is 0.324 e. The molecule has 128 valence electrons. The van der Waals surface area contributed by atoms with Gasteiger partial charge in [-0.15, -0.1) is 11.6 Å². The summed E-state index contributed by atoms with van der Waals surface area (Å²) in [7, 11) is -3.77. The summed E-state index contributed by atoms with van der Waals surface area (Å²) in [5, 5.41) is -0.256. The summed E-state index contributed by atoms with van der Waals surface area (Å²) in [6.07, 6.45) is 0.504. The number of nitrogens with zero attached hydrogens (tertiary/aromatic N) is 1. The number of sulfonamides is 1. The van der Waals surface area contributed by atoms with E-state index in [0.717, 1.165) is 5.56 Å². The summed E-state index contributed by atoms with van der Waals surface area (Å²) in [4.78, 5) is 12.5. The average molecular weight is 360 g/mol. The van der Waals surface area contributed by atoms with Crippen molar-refractivity contribution >= 4 is 27.6 Å². The number of hydrogen-bond donors (Lipinski definition) is 0. The Bertz CT molecular complexity index is 659. The topological polar surface area (TPSA) is 63.7 Å². The van der Waals surface area contributed by atoms with Crippen LogP contribution in [0.15, 0.2) is 29.2 Å². The first-order chi connectivity index (χ1) is 10.8. The molecule has 0 aliphatic carbocycles. The summed E-state index contributed by atoms with van der Waals surface area (Å²) in [6.45, 7) is 5.78. The van der Waals surface area contributed by atoms with Gasteiger partial charge in [-0.1, -0.05) is 24.6 Å². The van der Waals surface area contributed by atoms with Crippen LogP contribution >= 0.6 is 11.6 Å². The molecule has 0 bridgehead atoms. The van der Waals surface area contributed by atoms with Gasteiger partial charge in [-0.3, -0.25) is 4.79 Å². The van der Waals surface area contributed by atoms with Crippen molar-refractivity contribution in [3.63, 3.8) is 0 Å². The summed E-state index contributed by atoms with van der Waals surface area (Å²) in [5.41, 5.74) is 0.971. The highest BCUT2D eigenvalue weighted by atomic mass is 35.5. The van der Waals surface area contributed by atoms with Gasteiger partial charge in [0, 0.05) is 11.9 Å². The molecule has 1 aromatic carbocycles. The van der Waals surface area contributed by atoms with Gasteiger partial charge in [0.2, 0.25) is 10.0 Å². The number of halogens is 1. The number of aryl methyl sites for hydroxylation is 1. The lowest BCUT2D eigenvalue weighted by molar-refractivity contribution is -0.150. The second kappa shape index (κ2) is 7.20. The van der Waals surface area contributed by atoms with E-state index < -0.39 is 22.0 Å². The van der Waals surface area contributed by atoms with E-state index in [9.17, 15) is 13.2 Å². The smallest absolute Gasteiger partial charge is 0.324 e. The van der Waals surface area contributed by atoms with Crippen molar-refractivity contribution < 1.29 is 17.9 Å². The largest absolute Gasteiger partial charge is 0.465 e. The third kappa shape index (κ3) is 3.70. The van der Waals surface area contributed by atoms with Crippen LogP contribution in [-0.4, -0.2) is 43.3 Å². The number of alkyl halides is 1. The molecule has 7 heteroatoms. The van der Waals surface area contributed by atoms with Crippen molar-refractivity contribution in [1.82, 2.24) is 4.31 Å². The number of hydrogen-bond acceptors (Lipinski definition) is 4. The zero-order valence-electron chi connectivity index (χ0n) is 13.5. The zero-order chi connectivity index (χ0) is 17.2. The molecular formula is C16H22ClNO4S. The molecule has 0 saturated carbocycles. The predicted octanol–water partition coefficient (Wildman–Crippen LogP) is 2.56. The Hall–Kier alpha value is -1.11. The number of esters is 1. The van der Waals surface area contributed by atoms with Crippen molar-refractivity contribution in [3.05, 3.63) is 29.8 Å². The second-order valence-corrected chi connectivity index (χ2v) is 8.24. The van der Waals surface area contributed by atoms with Gasteiger partial charge in [-0.05, 0) is 38.3 Å². The van der Waals surface area contributed by atoms with E-state index in [4.69, 9.17) is 16.3 Å². The first-order valence-electron chi connectivity index (χ1n) is 7.68. The highest BCUT2D eigenvalue weighted by molar-refractivity contribution is 7.89. The van der Waals surface area contributed by atoms with Crippen LogP contribution in [0.1, 0.15) is 25.8 Å². The van der Waals surface area contributed by atoms with E-state index >= 15 is 0 Å². The molecule has 0 radical (unpaired) electrons. The van der Waals surface area contributed by atoms with E-state index in [1.165, 1.54) is 4.31 Å². The SMILES string of the molecule is CCOC(=O)[C@H]1[C@@H](C)[C@H](Cl)CCN1S(=O)(=O)c1ccc(C)cc1. The molecule has 0 unspecified atom stereocenters. The van der Waals surface area contributed by atoms with Gasteiger partial charge in [0.25, 0.3) is 0 Å². The molecule has 1 aliphatic rings. The number of piperidine rings is 1. The average Bonchev–Trinajstić information content (AvgIpc) is 2.50.